The number of hydrogen-bond acceptors (Lipinski definition) is 9. The summed E-state index contributed by atoms with van der Waals surface area (Å²) in [5, 5.41) is 21.7. The van der Waals surface area contributed by atoms with Crippen molar-refractivity contribution in [3.63, 3.8) is 0 Å². The normalized spacial score (nSPS) is 17.8. The topological polar surface area (TPSA) is 158 Å². The van der Waals surface area contributed by atoms with Crippen LogP contribution in [0.25, 0.3) is 0 Å². The fraction of sp³-hybridized carbons (Fsp3) is 0.611. The largest absolute Gasteiger partial charge is 0.439 e. The van der Waals surface area contributed by atoms with Gasteiger partial charge in [-0.1, -0.05) is 19.3 Å². The number of nitrogens with zero attached hydrogens (tertiary/aromatic N) is 1. The van der Waals surface area contributed by atoms with Gasteiger partial charge < -0.3 is 9.84 Å². The Bertz CT molecular complexity index is 979. The predicted octanol–water partition coefficient (Wildman–Crippen LogP) is 1.62. The first-order valence-corrected chi connectivity index (χ1v) is 13.2. The van der Waals surface area contributed by atoms with Crippen molar-refractivity contribution in [3.8, 4) is 0 Å². The second-order valence-corrected chi connectivity index (χ2v) is 12.0. The summed E-state index contributed by atoms with van der Waals surface area (Å²) in [6, 6.07) is 4.44. The first-order valence-electron chi connectivity index (χ1n) is 9.41. The molecule has 0 spiro atoms. The van der Waals surface area contributed by atoms with E-state index in [9.17, 15) is 36.9 Å². The summed E-state index contributed by atoms with van der Waals surface area (Å²) >= 11 is 0. The van der Waals surface area contributed by atoms with Gasteiger partial charge in [-0.2, -0.15) is 0 Å². The molecule has 0 aromatic heterocycles. The maximum Gasteiger partial charge on any atom is 0.339 e. The highest BCUT2D eigenvalue weighted by atomic mass is 32.2. The van der Waals surface area contributed by atoms with Crippen LogP contribution in [-0.2, 0) is 24.4 Å². The Morgan fingerprint density at radius 2 is 1.70 bits per heavy atom. The lowest BCUT2D eigenvalue weighted by Gasteiger charge is -2.37. The number of carbonyl (C=O) groups excluding carboxylic acids is 1. The fourth-order valence-electron chi connectivity index (χ4n) is 3.43. The summed E-state index contributed by atoms with van der Waals surface area (Å²) in [5.74, 6) is -1.96. The van der Waals surface area contributed by atoms with Crippen molar-refractivity contribution >= 4 is 31.3 Å². The number of nitro groups is 1. The van der Waals surface area contributed by atoms with Gasteiger partial charge in [0.25, 0.3) is 5.69 Å². The molecule has 0 radical (unpaired) electrons. The average molecular weight is 464 g/mol. The molecule has 12 heteroatoms. The number of aliphatic hydroxyl groups is 1. The predicted molar refractivity (Wildman–Crippen MR) is 108 cm³/mol. The second kappa shape index (κ2) is 9.40. The van der Waals surface area contributed by atoms with Crippen LogP contribution in [0.3, 0.4) is 0 Å². The van der Waals surface area contributed by atoms with E-state index >= 15 is 0 Å². The molecule has 1 aliphatic rings. The number of hydrogen-bond donors (Lipinski definition) is 1. The zero-order valence-corrected chi connectivity index (χ0v) is 18.2. The molecule has 0 heterocycles. The lowest BCUT2D eigenvalue weighted by molar-refractivity contribution is -0.384. The average Bonchev–Trinajstić information content (AvgIpc) is 2.65. The highest BCUT2D eigenvalue weighted by molar-refractivity contribution is 7.92. The summed E-state index contributed by atoms with van der Waals surface area (Å²) in [6.07, 6.45) is 2.96. The molecule has 2 rings (SSSR count). The maximum atomic E-state index is 12.9. The van der Waals surface area contributed by atoms with Gasteiger partial charge in [-0.25, -0.2) is 21.6 Å². The number of nitro benzene ring substituents is 1. The molecule has 1 aromatic rings. The van der Waals surface area contributed by atoms with Crippen LogP contribution in [0, 0.1) is 10.1 Å². The van der Waals surface area contributed by atoms with Gasteiger partial charge in [-0.05, 0) is 31.4 Å². The number of ether oxygens (including phenoxy) is 1. The van der Waals surface area contributed by atoms with Crippen LogP contribution in [-0.4, -0.2) is 61.6 Å². The lowest BCUT2D eigenvalue weighted by Crippen LogP contribution is -2.51. The van der Waals surface area contributed by atoms with Crippen LogP contribution in [0.1, 0.15) is 48.9 Å². The number of esters is 1. The second-order valence-electron chi connectivity index (χ2n) is 7.56. The molecule has 0 bridgehead atoms. The SMILES string of the molecule is CS(=O)(=O)CCCS(=O)(=O)C(OC(=O)c1ccc([N+](=O)[O-])cc1)C1(O)CCCCC1. The summed E-state index contributed by atoms with van der Waals surface area (Å²) < 4.78 is 53.7. The van der Waals surface area contributed by atoms with E-state index in [-0.39, 0.29) is 36.3 Å². The van der Waals surface area contributed by atoms with E-state index in [4.69, 9.17) is 4.74 Å². The van der Waals surface area contributed by atoms with Crippen molar-refractivity contribution in [1.29, 1.82) is 0 Å². The lowest BCUT2D eigenvalue weighted by atomic mass is 9.85. The summed E-state index contributed by atoms with van der Waals surface area (Å²) in [6.45, 7) is 0. The van der Waals surface area contributed by atoms with Crippen LogP contribution in [0.15, 0.2) is 24.3 Å². The van der Waals surface area contributed by atoms with Crippen molar-refractivity contribution in [2.45, 2.75) is 49.6 Å². The van der Waals surface area contributed by atoms with E-state index < -0.39 is 47.4 Å². The molecule has 0 amide bonds. The van der Waals surface area contributed by atoms with Gasteiger partial charge in [0.2, 0.25) is 5.44 Å². The van der Waals surface area contributed by atoms with Gasteiger partial charge in [0, 0.05) is 18.4 Å². The Morgan fingerprint density at radius 1 is 1.13 bits per heavy atom. The molecule has 1 fully saturated rings. The van der Waals surface area contributed by atoms with Gasteiger partial charge >= 0.3 is 5.97 Å². The highest BCUT2D eigenvalue weighted by Gasteiger charge is 2.48. The third-order valence-electron chi connectivity index (χ3n) is 4.96. The third kappa shape index (κ3) is 6.47. The Kier molecular flexibility index (Phi) is 7.59. The molecule has 0 saturated heterocycles. The molecule has 10 nitrogen and oxygen atoms in total. The van der Waals surface area contributed by atoms with Gasteiger partial charge in [-0.3, -0.25) is 10.1 Å². The minimum Gasteiger partial charge on any atom is -0.439 e. The molecular weight excluding hydrogens is 438 g/mol. The van der Waals surface area contributed by atoms with Gasteiger partial charge in [-0.15, -0.1) is 0 Å². The van der Waals surface area contributed by atoms with Crippen LogP contribution < -0.4 is 0 Å². The van der Waals surface area contributed by atoms with E-state index in [1.54, 1.807) is 0 Å². The quantitative estimate of drug-likeness (QED) is 0.326. The summed E-state index contributed by atoms with van der Waals surface area (Å²) in [4.78, 5) is 22.6. The molecule has 1 unspecified atom stereocenters. The van der Waals surface area contributed by atoms with E-state index in [1.807, 2.05) is 0 Å². The number of non-ortho nitro benzene ring substituents is 1. The minimum atomic E-state index is -4.19. The van der Waals surface area contributed by atoms with Crippen LogP contribution in [0.4, 0.5) is 5.69 Å². The zero-order chi connectivity index (χ0) is 22.6. The third-order valence-corrected chi connectivity index (χ3v) is 8.03. The van der Waals surface area contributed by atoms with Crippen LogP contribution in [0.2, 0.25) is 0 Å². The number of carbonyl (C=O) groups is 1. The summed E-state index contributed by atoms with van der Waals surface area (Å²) in [5.41, 5.74) is -3.98. The molecule has 30 heavy (non-hydrogen) atoms. The van der Waals surface area contributed by atoms with Crippen molar-refractivity contribution < 1.29 is 36.4 Å². The molecule has 0 aliphatic heterocycles. The van der Waals surface area contributed by atoms with Crippen molar-refractivity contribution in [1.82, 2.24) is 0 Å². The Morgan fingerprint density at radius 3 is 2.20 bits per heavy atom. The van der Waals surface area contributed by atoms with Crippen LogP contribution in [0.5, 0.6) is 0 Å². The van der Waals surface area contributed by atoms with Gasteiger partial charge in [0.1, 0.15) is 15.4 Å². The minimum absolute atomic E-state index is 0.101. The molecule has 168 valence electrons. The Balaban J connectivity index is 2.26. The van der Waals surface area contributed by atoms with Crippen LogP contribution >= 0.6 is 0 Å². The van der Waals surface area contributed by atoms with E-state index in [0.717, 1.165) is 36.9 Å². The molecule has 1 saturated carbocycles. The highest BCUT2D eigenvalue weighted by Crippen LogP contribution is 2.35. The first kappa shape index (κ1) is 24.2. The maximum absolute atomic E-state index is 12.9. The molecule has 1 atom stereocenters. The van der Waals surface area contributed by atoms with Gasteiger partial charge in [0.05, 0.1) is 22.0 Å². The van der Waals surface area contributed by atoms with Crippen molar-refractivity contribution in [2.75, 3.05) is 17.8 Å². The number of rotatable bonds is 9. The van der Waals surface area contributed by atoms with E-state index in [0.29, 0.717) is 12.8 Å². The smallest absolute Gasteiger partial charge is 0.339 e. The standard InChI is InChI=1S/C18H25NO9S2/c1-29(24,25)12-5-13-30(26,27)17(18(21)10-3-2-4-11-18)28-16(20)14-6-8-15(9-7-14)19(22)23/h6-9,17,21H,2-5,10-13H2,1H3. The Labute approximate surface area is 175 Å². The van der Waals surface area contributed by atoms with Gasteiger partial charge in [0.15, 0.2) is 9.84 Å². The van der Waals surface area contributed by atoms with Crippen molar-refractivity contribution in [3.05, 3.63) is 39.9 Å². The number of benzene rings is 1. The molecular formula is C18H25NO9S2. The number of sulfone groups is 2. The first-order chi connectivity index (χ1) is 13.8. The fourth-order valence-corrected chi connectivity index (χ4v) is 6.18. The summed E-state index contributed by atoms with van der Waals surface area (Å²) in [7, 11) is -7.57. The zero-order valence-electron chi connectivity index (χ0n) is 16.5. The monoisotopic (exact) mass is 463 g/mol. The van der Waals surface area contributed by atoms with Crippen molar-refractivity contribution in [2.24, 2.45) is 0 Å². The van der Waals surface area contributed by atoms with E-state index in [2.05, 4.69) is 0 Å². The molecule has 1 aliphatic carbocycles. The van der Waals surface area contributed by atoms with E-state index in [1.165, 1.54) is 0 Å². The Hall–Kier alpha value is -2.05. The molecule has 1 aromatic carbocycles. The molecule has 1 N–H and O–H groups in total.